The van der Waals surface area contributed by atoms with Crippen molar-refractivity contribution in [2.75, 3.05) is 13.1 Å². The second-order valence-electron chi connectivity index (χ2n) is 6.72. The number of benzene rings is 1. The molecule has 0 bridgehead atoms. The molecule has 2 atom stereocenters. The number of carbonyl (C=O) groups is 1. The fraction of sp³-hybridized carbons (Fsp3) is 0.611. The molecule has 0 aromatic heterocycles. The van der Waals surface area contributed by atoms with Crippen molar-refractivity contribution >= 4 is 18.3 Å². The predicted octanol–water partition coefficient (Wildman–Crippen LogP) is 2.84. The summed E-state index contributed by atoms with van der Waals surface area (Å²) >= 11 is 0. The van der Waals surface area contributed by atoms with Crippen molar-refractivity contribution in [1.29, 1.82) is 0 Å². The molecule has 1 aromatic carbocycles. The summed E-state index contributed by atoms with van der Waals surface area (Å²) in [4.78, 5) is 14.3. The van der Waals surface area contributed by atoms with Crippen LogP contribution in [0.4, 0.5) is 8.78 Å². The molecule has 1 aromatic rings. The second-order valence-corrected chi connectivity index (χ2v) is 6.72. The molecule has 1 amide bonds. The van der Waals surface area contributed by atoms with E-state index in [1.807, 2.05) is 13.8 Å². The first-order valence-electron chi connectivity index (χ1n) is 8.63. The third-order valence-corrected chi connectivity index (χ3v) is 4.88. The molecule has 0 aliphatic carbocycles. The number of hydrogen-bond acceptors (Lipinski definition) is 3. The molecule has 0 radical (unpaired) electrons. The summed E-state index contributed by atoms with van der Waals surface area (Å²) in [5, 5.41) is 3.03. The molecule has 25 heavy (non-hydrogen) atoms. The lowest BCUT2D eigenvalue weighted by atomic mass is 9.98. The number of halogens is 3. The maximum absolute atomic E-state index is 13.3. The van der Waals surface area contributed by atoms with Crippen molar-refractivity contribution in [2.24, 2.45) is 11.7 Å². The van der Waals surface area contributed by atoms with E-state index in [4.69, 9.17) is 5.73 Å². The van der Waals surface area contributed by atoms with Crippen LogP contribution in [0.15, 0.2) is 18.2 Å². The summed E-state index contributed by atoms with van der Waals surface area (Å²) in [6.45, 7) is 6.21. The van der Waals surface area contributed by atoms with Gasteiger partial charge in [-0.2, -0.15) is 0 Å². The highest BCUT2D eigenvalue weighted by Crippen LogP contribution is 2.16. The lowest BCUT2D eigenvalue weighted by molar-refractivity contribution is -0.124. The Hall–Kier alpha value is -1.24. The van der Waals surface area contributed by atoms with E-state index in [9.17, 15) is 13.6 Å². The number of amides is 1. The van der Waals surface area contributed by atoms with E-state index < -0.39 is 17.7 Å². The first-order chi connectivity index (χ1) is 11.4. The molecule has 1 fully saturated rings. The van der Waals surface area contributed by atoms with Gasteiger partial charge in [0.25, 0.3) is 0 Å². The van der Waals surface area contributed by atoms with Gasteiger partial charge >= 0.3 is 0 Å². The van der Waals surface area contributed by atoms with Gasteiger partial charge in [-0.25, -0.2) is 8.78 Å². The van der Waals surface area contributed by atoms with Crippen molar-refractivity contribution in [3.63, 3.8) is 0 Å². The maximum atomic E-state index is 13.3. The number of nitrogens with one attached hydrogen (secondary N) is 1. The fourth-order valence-electron chi connectivity index (χ4n) is 2.94. The molecule has 1 saturated heterocycles. The Morgan fingerprint density at radius 3 is 2.52 bits per heavy atom. The Labute approximate surface area is 154 Å². The van der Waals surface area contributed by atoms with Crippen LogP contribution in [0.2, 0.25) is 0 Å². The third-order valence-electron chi connectivity index (χ3n) is 4.88. The average molecular weight is 376 g/mol. The summed E-state index contributed by atoms with van der Waals surface area (Å²) in [5.41, 5.74) is 6.72. The van der Waals surface area contributed by atoms with Crippen molar-refractivity contribution in [3.05, 3.63) is 35.4 Å². The molecule has 142 valence electrons. The zero-order valence-corrected chi connectivity index (χ0v) is 15.6. The summed E-state index contributed by atoms with van der Waals surface area (Å²) in [6, 6.07) is 3.68. The Morgan fingerprint density at radius 2 is 1.96 bits per heavy atom. The van der Waals surface area contributed by atoms with E-state index in [1.54, 1.807) is 6.07 Å². The number of likely N-dealkylation sites (tertiary alicyclic amines) is 1. The minimum absolute atomic E-state index is 0. The molecule has 7 heteroatoms. The second kappa shape index (κ2) is 10.0. The van der Waals surface area contributed by atoms with Crippen LogP contribution in [0, 0.1) is 17.6 Å². The van der Waals surface area contributed by atoms with E-state index in [1.165, 1.54) is 6.07 Å². The van der Waals surface area contributed by atoms with Gasteiger partial charge in [0, 0.05) is 25.7 Å². The Morgan fingerprint density at radius 1 is 1.32 bits per heavy atom. The largest absolute Gasteiger partial charge is 0.352 e. The smallest absolute Gasteiger partial charge is 0.237 e. The third kappa shape index (κ3) is 6.20. The van der Waals surface area contributed by atoms with Gasteiger partial charge in [-0.15, -0.1) is 12.4 Å². The zero-order valence-electron chi connectivity index (χ0n) is 14.8. The van der Waals surface area contributed by atoms with E-state index in [0.29, 0.717) is 6.54 Å². The fourth-order valence-corrected chi connectivity index (χ4v) is 2.94. The van der Waals surface area contributed by atoms with Gasteiger partial charge in [0.05, 0.1) is 6.04 Å². The molecule has 1 aliphatic heterocycles. The van der Waals surface area contributed by atoms with Crippen LogP contribution in [0.5, 0.6) is 0 Å². The molecule has 2 rings (SSSR count). The van der Waals surface area contributed by atoms with Crippen LogP contribution in [0.3, 0.4) is 0 Å². The van der Waals surface area contributed by atoms with Gasteiger partial charge in [-0.1, -0.05) is 26.3 Å². The standard InChI is InChI=1S/C18H27F2N3O.ClH/c1-3-12(2)17(21)18(24)22-14-6-8-23(9-7-14)11-13-4-5-15(19)16(20)10-13;/h4-5,10,12,14,17H,3,6-9,11,21H2,1-2H3,(H,22,24);1H. The summed E-state index contributed by atoms with van der Waals surface area (Å²) in [6.07, 6.45) is 2.55. The first kappa shape index (κ1) is 21.8. The molecule has 1 heterocycles. The number of hydrogen-bond donors (Lipinski definition) is 2. The molecule has 1 aliphatic rings. The van der Waals surface area contributed by atoms with Crippen LogP contribution < -0.4 is 11.1 Å². The van der Waals surface area contributed by atoms with Crippen LogP contribution in [0.25, 0.3) is 0 Å². The van der Waals surface area contributed by atoms with E-state index in [0.717, 1.165) is 44.0 Å². The molecule has 0 spiro atoms. The molecule has 0 saturated carbocycles. The maximum Gasteiger partial charge on any atom is 0.237 e. The Kier molecular flexibility index (Phi) is 8.76. The average Bonchev–Trinajstić information content (AvgIpc) is 2.58. The topological polar surface area (TPSA) is 58.4 Å². The van der Waals surface area contributed by atoms with E-state index >= 15 is 0 Å². The quantitative estimate of drug-likeness (QED) is 0.803. The number of nitrogens with zero attached hydrogens (tertiary/aromatic N) is 1. The van der Waals surface area contributed by atoms with Crippen molar-refractivity contribution in [3.8, 4) is 0 Å². The Bertz CT molecular complexity index is 565. The highest BCUT2D eigenvalue weighted by molar-refractivity contribution is 5.85. The molecule has 3 N–H and O–H groups in total. The van der Waals surface area contributed by atoms with Gasteiger partial charge in [0.1, 0.15) is 0 Å². The minimum atomic E-state index is -0.821. The molecular formula is C18H28ClF2N3O. The Balaban J connectivity index is 0.00000312. The van der Waals surface area contributed by atoms with E-state index in [-0.39, 0.29) is 30.3 Å². The zero-order chi connectivity index (χ0) is 17.7. The SMILES string of the molecule is CCC(C)C(N)C(=O)NC1CCN(Cc2ccc(F)c(F)c2)CC1.Cl. The van der Waals surface area contributed by atoms with Crippen LogP contribution in [-0.4, -0.2) is 36.0 Å². The molecule has 4 nitrogen and oxygen atoms in total. The van der Waals surface area contributed by atoms with Gasteiger partial charge in [0.15, 0.2) is 11.6 Å². The van der Waals surface area contributed by atoms with Crippen LogP contribution in [-0.2, 0) is 11.3 Å². The lowest BCUT2D eigenvalue weighted by Crippen LogP contribution is -2.51. The van der Waals surface area contributed by atoms with Crippen molar-refractivity contribution < 1.29 is 13.6 Å². The molecule has 2 unspecified atom stereocenters. The number of nitrogens with two attached hydrogens (primary N) is 1. The summed E-state index contributed by atoms with van der Waals surface area (Å²) in [5.74, 6) is -1.55. The van der Waals surface area contributed by atoms with Gasteiger partial charge in [-0.05, 0) is 36.5 Å². The molecular weight excluding hydrogens is 348 g/mol. The number of carbonyl (C=O) groups excluding carboxylic acids is 1. The number of piperidine rings is 1. The predicted molar refractivity (Wildman–Crippen MR) is 97.5 cm³/mol. The van der Waals surface area contributed by atoms with Crippen molar-refractivity contribution in [2.45, 2.75) is 51.7 Å². The van der Waals surface area contributed by atoms with Crippen molar-refractivity contribution in [1.82, 2.24) is 10.2 Å². The van der Waals surface area contributed by atoms with Gasteiger partial charge in [0.2, 0.25) is 5.91 Å². The summed E-state index contributed by atoms with van der Waals surface area (Å²) in [7, 11) is 0. The van der Waals surface area contributed by atoms with Gasteiger partial charge in [-0.3, -0.25) is 9.69 Å². The number of rotatable bonds is 6. The monoisotopic (exact) mass is 375 g/mol. The lowest BCUT2D eigenvalue weighted by Gasteiger charge is -2.33. The van der Waals surface area contributed by atoms with Crippen LogP contribution in [0.1, 0.15) is 38.7 Å². The first-order valence-corrected chi connectivity index (χ1v) is 8.63. The normalized spacial score (nSPS) is 18.3. The van der Waals surface area contributed by atoms with Gasteiger partial charge < -0.3 is 11.1 Å². The van der Waals surface area contributed by atoms with E-state index in [2.05, 4.69) is 10.2 Å². The van der Waals surface area contributed by atoms with Crippen LogP contribution >= 0.6 is 12.4 Å². The highest BCUT2D eigenvalue weighted by atomic mass is 35.5. The highest BCUT2D eigenvalue weighted by Gasteiger charge is 2.25. The summed E-state index contributed by atoms with van der Waals surface area (Å²) < 4.78 is 26.2. The minimum Gasteiger partial charge on any atom is -0.352 e.